The molecule has 2 aromatic heterocycles. The van der Waals surface area contributed by atoms with Crippen molar-refractivity contribution in [1.29, 1.82) is 0 Å². The van der Waals surface area contributed by atoms with Crippen molar-refractivity contribution in [1.82, 2.24) is 9.38 Å². The van der Waals surface area contributed by atoms with Crippen molar-refractivity contribution >= 4 is 11.3 Å². The third-order valence-corrected chi connectivity index (χ3v) is 3.37. The molecule has 0 aliphatic carbocycles. The number of hydrogen-bond donors (Lipinski definition) is 1. The number of nitro benzene ring substituents is 1. The summed E-state index contributed by atoms with van der Waals surface area (Å²) in [4.78, 5) is 15.0. The summed E-state index contributed by atoms with van der Waals surface area (Å²) < 4.78 is 6.77. The van der Waals surface area contributed by atoms with Gasteiger partial charge in [0, 0.05) is 24.0 Å². The predicted octanol–water partition coefficient (Wildman–Crippen LogP) is 2.41. The Balaban J connectivity index is 2.10. The number of pyridine rings is 1. The number of aliphatic hydroxyl groups excluding tert-OH is 1. The Bertz CT molecular complexity index is 857. The van der Waals surface area contributed by atoms with Crippen LogP contribution in [0, 0.1) is 10.1 Å². The summed E-state index contributed by atoms with van der Waals surface area (Å²) >= 11 is 0. The Labute approximate surface area is 125 Å². The van der Waals surface area contributed by atoms with E-state index < -0.39 is 4.92 Å². The van der Waals surface area contributed by atoms with Crippen molar-refractivity contribution in [3.8, 4) is 17.0 Å². The molecule has 0 unspecified atom stereocenters. The van der Waals surface area contributed by atoms with Crippen LogP contribution in [0.25, 0.3) is 16.9 Å². The molecule has 7 nitrogen and oxygen atoms in total. The zero-order valence-electron chi connectivity index (χ0n) is 11.8. The number of ether oxygens (including phenoxy) is 1. The van der Waals surface area contributed by atoms with E-state index in [1.807, 2.05) is 0 Å². The number of nitro groups is 1. The van der Waals surface area contributed by atoms with Gasteiger partial charge < -0.3 is 14.2 Å². The second-order valence-corrected chi connectivity index (χ2v) is 4.73. The lowest BCUT2D eigenvalue weighted by molar-refractivity contribution is -0.385. The highest BCUT2D eigenvalue weighted by atomic mass is 16.6. The molecule has 0 fully saturated rings. The number of aromatic nitrogens is 2. The molecule has 0 saturated carbocycles. The molecule has 112 valence electrons. The molecule has 0 aliphatic heterocycles. The summed E-state index contributed by atoms with van der Waals surface area (Å²) in [6, 6.07) is 8.28. The fraction of sp³-hybridized carbons (Fsp3) is 0.133. The average Bonchev–Trinajstić information content (AvgIpc) is 2.96. The molecule has 22 heavy (non-hydrogen) atoms. The predicted molar refractivity (Wildman–Crippen MR) is 79.8 cm³/mol. The van der Waals surface area contributed by atoms with Gasteiger partial charge in [-0.05, 0) is 23.8 Å². The van der Waals surface area contributed by atoms with Crippen LogP contribution in [0.2, 0.25) is 0 Å². The largest absolute Gasteiger partial charge is 0.490 e. The zero-order chi connectivity index (χ0) is 15.7. The summed E-state index contributed by atoms with van der Waals surface area (Å²) in [5, 5.41) is 20.2. The van der Waals surface area contributed by atoms with Crippen LogP contribution in [-0.2, 0) is 6.61 Å². The summed E-state index contributed by atoms with van der Waals surface area (Å²) in [7, 11) is 1.39. The second-order valence-electron chi connectivity index (χ2n) is 4.73. The van der Waals surface area contributed by atoms with Crippen molar-refractivity contribution in [3.63, 3.8) is 0 Å². The molecule has 1 aromatic carbocycles. The number of methoxy groups -OCH3 is 1. The fourth-order valence-electron chi connectivity index (χ4n) is 2.26. The number of fused-ring (bicyclic) bond motifs is 1. The van der Waals surface area contributed by atoms with Gasteiger partial charge in [-0.15, -0.1) is 0 Å². The first-order valence-corrected chi connectivity index (χ1v) is 6.53. The van der Waals surface area contributed by atoms with Crippen molar-refractivity contribution in [2.24, 2.45) is 0 Å². The van der Waals surface area contributed by atoms with Crippen molar-refractivity contribution in [2.75, 3.05) is 7.11 Å². The van der Waals surface area contributed by atoms with Crippen LogP contribution >= 0.6 is 0 Å². The lowest BCUT2D eigenvalue weighted by atomic mass is 10.1. The van der Waals surface area contributed by atoms with Crippen LogP contribution in [0.1, 0.15) is 5.56 Å². The van der Waals surface area contributed by atoms with Crippen molar-refractivity contribution in [2.45, 2.75) is 6.61 Å². The van der Waals surface area contributed by atoms with Gasteiger partial charge in [0.1, 0.15) is 5.65 Å². The van der Waals surface area contributed by atoms with E-state index in [0.717, 1.165) is 5.56 Å². The average molecular weight is 299 g/mol. The zero-order valence-corrected chi connectivity index (χ0v) is 11.8. The number of hydrogen-bond acceptors (Lipinski definition) is 5. The standard InChI is InChI=1S/C15H13N3O4/c1-22-14-4-3-11(6-13(14)18(20)21)12-8-17-7-10(9-19)2-5-15(17)16-12/h2-8,19H,9H2,1H3. The van der Waals surface area contributed by atoms with Gasteiger partial charge in [-0.2, -0.15) is 0 Å². The molecule has 0 atom stereocenters. The third kappa shape index (κ3) is 2.38. The molecule has 0 amide bonds. The summed E-state index contributed by atoms with van der Waals surface area (Å²) in [5.41, 5.74) is 2.60. The summed E-state index contributed by atoms with van der Waals surface area (Å²) in [6.07, 6.45) is 3.53. The van der Waals surface area contributed by atoms with Crippen LogP contribution in [0.5, 0.6) is 5.75 Å². The van der Waals surface area contributed by atoms with Crippen molar-refractivity contribution in [3.05, 3.63) is 58.4 Å². The van der Waals surface area contributed by atoms with Crippen LogP contribution in [0.4, 0.5) is 5.69 Å². The highest BCUT2D eigenvalue weighted by molar-refractivity contribution is 5.68. The molecule has 1 N–H and O–H groups in total. The normalized spacial score (nSPS) is 10.8. The number of aliphatic hydroxyl groups is 1. The lowest BCUT2D eigenvalue weighted by Gasteiger charge is -2.02. The Hall–Kier alpha value is -2.93. The van der Waals surface area contributed by atoms with Gasteiger partial charge >= 0.3 is 5.69 Å². The molecule has 2 heterocycles. The number of imidazole rings is 1. The smallest absolute Gasteiger partial charge is 0.311 e. The minimum absolute atomic E-state index is 0.0581. The highest BCUT2D eigenvalue weighted by Gasteiger charge is 2.17. The molecule has 0 radical (unpaired) electrons. The molecular weight excluding hydrogens is 286 g/mol. The number of rotatable bonds is 4. The molecule has 0 aliphatic rings. The van der Waals surface area contributed by atoms with Gasteiger partial charge in [0.05, 0.1) is 24.3 Å². The molecule has 3 rings (SSSR count). The molecule has 0 saturated heterocycles. The molecular formula is C15H13N3O4. The van der Waals surface area contributed by atoms with E-state index in [2.05, 4.69) is 4.98 Å². The first-order chi connectivity index (χ1) is 10.6. The lowest BCUT2D eigenvalue weighted by Crippen LogP contribution is -1.94. The molecule has 7 heteroatoms. The second kappa shape index (κ2) is 5.45. The van der Waals surface area contributed by atoms with E-state index in [1.54, 1.807) is 41.1 Å². The van der Waals surface area contributed by atoms with Gasteiger partial charge in [-0.3, -0.25) is 10.1 Å². The maximum atomic E-state index is 11.1. The topological polar surface area (TPSA) is 89.9 Å². The van der Waals surface area contributed by atoms with E-state index in [0.29, 0.717) is 16.9 Å². The Morgan fingerprint density at radius 2 is 2.14 bits per heavy atom. The maximum Gasteiger partial charge on any atom is 0.311 e. The maximum absolute atomic E-state index is 11.1. The molecule has 3 aromatic rings. The minimum Gasteiger partial charge on any atom is -0.490 e. The molecule has 0 bridgehead atoms. The van der Waals surface area contributed by atoms with E-state index in [1.165, 1.54) is 13.2 Å². The first-order valence-electron chi connectivity index (χ1n) is 6.53. The van der Waals surface area contributed by atoms with Crippen molar-refractivity contribution < 1.29 is 14.8 Å². The summed E-state index contributed by atoms with van der Waals surface area (Å²) in [5.74, 6) is 0.208. The monoisotopic (exact) mass is 299 g/mol. The van der Waals surface area contributed by atoms with Gasteiger partial charge in [0.15, 0.2) is 5.75 Å². The van der Waals surface area contributed by atoms with E-state index in [4.69, 9.17) is 9.84 Å². The van der Waals surface area contributed by atoms with E-state index >= 15 is 0 Å². The summed E-state index contributed by atoms with van der Waals surface area (Å²) in [6.45, 7) is -0.0581. The Morgan fingerprint density at radius 3 is 2.82 bits per heavy atom. The van der Waals surface area contributed by atoms with Crippen LogP contribution in [-0.4, -0.2) is 26.5 Å². The first kappa shape index (κ1) is 14.0. The van der Waals surface area contributed by atoms with Crippen LogP contribution in [0.15, 0.2) is 42.7 Å². The molecule has 0 spiro atoms. The minimum atomic E-state index is -0.484. The quantitative estimate of drug-likeness (QED) is 0.590. The fourth-order valence-corrected chi connectivity index (χ4v) is 2.26. The van der Waals surface area contributed by atoms with Gasteiger partial charge in [-0.1, -0.05) is 6.07 Å². The SMILES string of the molecule is COc1ccc(-c2cn3cc(CO)ccc3n2)cc1[N+](=O)[O-]. The van der Waals surface area contributed by atoms with E-state index in [-0.39, 0.29) is 18.0 Å². The van der Waals surface area contributed by atoms with Crippen LogP contribution in [0.3, 0.4) is 0 Å². The number of benzene rings is 1. The van der Waals surface area contributed by atoms with Gasteiger partial charge in [-0.25, -0.2) is 4.98 Å². The van der Waals surface area contributed by atoms with Gasteiger partial charge in [0.25, 0.3) is 0 Å². The number of nitrogens with zero attached hydrogens (tertiary/aromatic N) is 3. The highest BCUT2D eigenvalue weighted by Crippen LogP contribution is 2.31. The van der Waals surface area contributed by atoms with Gasteiger partial charge in [0.2, 0.25) is 0 Å². The van der Waals surface area contributed by atoms with E-state index in [9.17, 15) is 10.1 Å². The Morgan fingerprint density at radius 1 is 1.32 bits per heavy atom. The Kier molecular flexibility index (Phi) is 3.48. The van der Waals surface area contributed by atoms with Crippen LogP contribution < -0.4 is 4.74 Å². The third-order valence-electron chi connectivity index (χ3n) is 3.37.